The molecule has 4 nitrogen and oxygen atoms in total. The third-order valence-electron chi connectivity index (χ3n) is 3.54. The Morgan fingerprint density at radius 3 is 2.08 bits per heavy atom. The minimum Gasteiger partial charge on any atom is -0.497 e. The second kappa shape index (κ2) is 6.11. The lowest BCUT2D eigenvalue weighted by molar-refractivity contribution is -0.143. The van der Waals surface area contributed by atoms with E-state index in [4.69, 9.17) is 4.74 Å². The molecule has 0 saturated heterocycles. The molecule has 0 radical (unpaired) electrons. The number of fused-ring (bicyclic) bond motifs is 1. The molecule has 3 aromatic rings. The molecule has 0 amide bonds. The third kappa shape index (κ3) is 3.68. The number of halogens is 6. The molecule has 10 heteroatoms. The van der Waals surface area contributed by atoms with E-state index in [1.54, 1.807) is 18.2 Å². The predicted octanol–water partition coefficient (Wildman–Crippen LogP) is 5.35. The van der Waals surface area contributed by atoms with Gasteiger partial charge in [-0.3, -0.25) is 0 Å². The van der Waals surface area contributed by atoms with Crippen molar-refractivity contribution in [3.63, 3.8) is 0 Å². The summed E-state index contributed by atoms with van der Waals surface area (Å²) in [5.41, 5.74) is -2.23. The molecule has 1 aromatic heterocycles. The number of hydrogen-bond acceptors (Lipinski definition) is 3. The highest BCUT2D eigenvalue weighted by molar-refractivity contribution is 5.80. The lowest BCUT2D eigenvalue weighted by atomic mass is 10.1. The molecule has 0 aliphatic rings. The standard InChI is InChI=1S/C16H11F6N3O/c1-26-11-2-3-12-13(7-11)25-14(24-12)23-10-5-8(15(17,18)19)4-9(6-10)16(20,21)22/h2-7H,1H3,(H2,23,24,25). The number of benzene rings is 2. The number of alkyl halides is 6. The number of methoxy groups -OCH3 is 1. The van der Waals surface area contributed by atoms with Gasteiger partial charge in [0.25, 0.3) is 0 Å². The number of anilines is 2. The third-order valence-corrected chi connectivity index (χ3v) is 3.54. The van der Waals surface area contributed by atoms with Gasteiger partial charge in [0, 0.05) is 11.8 Å². The van der Waals surface area contributed by atoms with Crippen LogP contribution in [0.1, 0.15) is 11.1 Å². The predicted molar refractivity (Wildman–Crippen MR) is 82.4 cm³/mol. The lowest BCUT2D eigenvalue weighted by Gasteiger charge is -2.14. The van der Waals surface area contributed by atoms with Gasteiger partial charge in [0.1, 0.15) is 5.75 Å². The van der Waals surface area contributed by atoms with E-state index in [1.807, 2.05) is 0 Å². The molecule has 0 bridgehead atoms. The molecule has 2 N–H and O–H groups in total. The maximum atomic E-state index is 12.9. The molecule has 2 aromatic carbocycles. The topological polar surface area (TPSA) is 49.9 Å². The summed E-state index contributed by atoms with van der Waals surface area (Å²) in [4.78, 5) is 6.85. The zero-order chi connectivity index (χ0) is 19.1. The Balaban J connectivity index is 2.01. The van der Waals surface area contributed by atoms with E-state index in [0.717, 1.165) is 0 Å². The summed E-state index contributed by atoms with van der Waals surface area (Å²) >= 11 is 0. The van der Waals surface area contributed by atoms with Gasteiger partial charge in [0.15, 0.2) is 0 Å². The fourth-order valence-electron chi connectivity index (χ4n) is 2.34. The number of ether oxygens (including phenoxy) is 1. The van der Waals surface area contributed by atoms with E-state index in [0.29, 0.717) is 28.9 Å². The Bertz CT molecular complexity index is 913. The van der Waals surface area contributed by atoms with Crippen LogP contribution in [0, 0.1) is 0 Å². The number of aromatic amines is 1. The van der Waals surface area contributed by atoms with Crippen molar-refractivity contribution in [1.29, 1.82) is 0 Å². The minimum atomic E-state index is -4.92. The Hall–Kier alpha value is -2.91. The van der Waals surface area contributed by atoms with Crippen molar-refractivity contribution in [2.75, 3.05) is 12.4 Å². The monoisotopic (exact) mass is 375 g/mol. The van der Waals surface area contributed by atoms with Crippen molar-refractivity contribution in [1.82, 2.24) is 9.97 Å². The van der Waals surface area contributed by atoms with Crippen LogP contribution in [-0.4, -0.2) is 17.1 Å². The number of nitrogens with one attached hydrogen (secondary N) is 2. The Kier molecular flexibility index (Phi) is 4.21. The fourth-order valence-corrected chi connectivity index (χ4v) is 2.34. The maximum absolute atomic E-state index is 12.9. The van der Waals surface area contributed by atoms with Crippen LogP contribution in [0.25, 0.3) is 11.0 Å². The summed E-state index contributed by atoms with van der Waals surface area (Å²) in [6.07, 6.45) is -9.84. The second-order valence-electron chi connectivity index (χ2n) is 5.39. The SMILES string of the molecule is COc1ccc2nc(Nc3cc(C(F)(F)F)cc(C(F)(F)F)c3)[nH]c2c1. The smallest absolute Gasteiger partial charge is 0.416 e. The van der Waals surface area contributed by atoms with Crippen molar-refractivity contribution in [2.24, 2.45) is 0 Å². The molecular formula is C16H11F6N3O. The van der Waals surface area contributed by atoms with Crippen LogP contribution in [0.5, 0.6) is 5.75 Å². The second-order valence-corrected chi connectivity index (χ2v) is 5.39. The van der Waals surface area contributed by atoms with Gasteiger partial charge < -0.3 is 15.0 Å². The van der Waals surface area contributed by atoms with E-state index in [2.05, 4.69) is 15.3 Å². The van der Waals surface area contributed by atoms with Gasteiger partial charge in [-0.25, -0.2) is 4.98 Å². The first-order chi connectivity index (χ1) is 12.1. The first-order valence-corrected chi connectivity index (χ1v) is 7.16. The quantitative estimate of drug-likeness (QED) is 0.607. The number of nitrogens with zero attached hydrogens (tertiary/aromatic N) is 1. The summed E-state index contributed by atoms with van der Waals surface area (Å²) < 4.78 is 82.4. The van der Waals surface area contributed by atoms with Gasteiger partial charge in [-0.05, 0) is 30.3 Å². The van der Waals surface area contributed by atoms with Gasteiger partial charge in [-0.2, -0.15) is 26.3 Å². The van der Waals surface area contributed by atoms with Gasteiger partial charge in [-0.1, -0.05) is 0 Å². The molecule has 0 unspecified atom stereocenters. The van der Waals surface area contributed by atoms with Crippen molar-refractivity contribution in [2.45, 2.75) is 12.4 Å². The summed E-state index contributed by atoms with van der Waals surface area (Å²) in [5, 5.41) is 2.45. The zero-order valence-corrected chi connectivity index (χ0v) is 13.1. The summed E-state index contributed by atoms with van der Waals surface area (Å²) in [5.74, 6) is 0.520. The van der Waals surface area contributed by atoms with E-state index in [9.17, 15) is 26.3 Å². The zero-order valence-electron chi connectivity index (χ0n) is 13.1. The van der Waals surface area contributed by atoms with Crippen molar-refractivity contribution in [3.8, 4) is 5.75 Å². The van der Waals surface area contributed by atoms with E-state index in [1.165, 1.54) is 7.11 Å². The normalized spacial score (nSPS) is 12.4. The highest BCUT2D eigenvalue weighted by Gasteiger charge is 2.37. The highest BCUT2D eigenvalue weighted by Crippen LogP contribution is 2.38. The average molecular weight is 375 g/mol. The molecule has 0 aliphatic carbocycles. The van der Waals surface area contributed by atoms with E-state index >= 15 is 0 Å². The van der Waals surface area contributed by atoms with E-state index in [-0.39, 0.29) is 12.0 Å². The number of aromatic nitrogens is 2. The van der Waals surface area contributed by atoms with Gasteiger partial charge in [-0.15, -0.1) is 0 Å². The van der Waals surface area contributed by atoms with Crippen LogP contribution in [0.4, 0.5) is 38.0 Å². The average Bonchev–Trinajstić information content (AvgIpc) is 2.93. The van der Waals surface area contributed by atoms with Crippen LogP contribution in [0.2, 0.25) is 0 Å². The first-order valence-electron chi connectivity index (χ1n) is 7.16. The Labute approximate surface area is 142 Å². The van der Waals surface area contributed by atoms with Crippen LogP contribution in [0.15, 0.2) is 36.4 Å². The lowest BCUT2D eigenvalue weighted by Crippen LogP contribution is -2.11. The van der Waals surface area contributed by atoms with E-state index < -0.39 is 29.2 Å². The van der Waals surface area contributed by atoms with Crippen LogP contribution >= 0.6 is 0 Å². The Morgan fingerprint density at radius 1 is 0.923 bits per heavy atom. The minimum absolute atomic E-state index is 0.000650. The molecule has 3 rings (SSSR count). The number of imidazole rings is 1. The molecule has 0 fully saturated rings. The maximum Gasteiger partial charge on any atom is 0.416 e. The summed E-state index contributed by atoms with van der Waals surface area (Å²) in [7, 11) is 1.46. The number of hydrogen-bond donors (Lipinski definition) is 2. The molecular weight excluding hydrogens is 364 g/mol. The summed E-state index contributed by atoms with van der Waals surface area (Å²) in [6, 6.07) is 6.06. The first kappa shape index (κ1) is 17.9. The van der Waals surface area contributed by atoms with Gasteiger partial charge >= 0.3 is 12.4 Å². The largest absolute Gasteiger partial charge is 0.497 e. The van der Waals surface area contributed by atoms with Crippen LogP contribution in [0.3, 0.4) is 0 Å². The molecule has 0 atom stereocenters. The van der Waals surface area contributed by atoms with Crippen molar-refractivity contribution in [3.05, 3.63) is 47.5 Å². The number of H-pyrrole nitrogens is 1. The highest BCUT2D eigenvalue weighted by atomic mass is 19.4. The van der Waals surface area contributed by atoms with Crippen molar-refractivity contribution < 1.29 is 31.1 Å². The van der Waals surface area contributed by atoms with Crippen LogP contribution in [-0.2, 0) is 12.4 Å². The van der Waals surface area contributed by atoms with Crippen molar-refractivity contribution >= 4 is 22.7 Å². The summed E-state index contributed by atoms with van der Waals surface area (Å²) in [6.45, 7) is 0. The van der Waals surface area contributed by atoms with Crippen LogP contribution < -0.4 is 10.1 Å². The van der Waals surface area contributed by atoms with Gasteiger partial charge in [0.05, 0.1) is 29.3 Å². The molecule has 0 aliphatic heterocycles. The molecule has 138 valence electrons. The Morgan fingerprint density at radius 2 is 1.54 bits per heavy atom. The number of rotatable bonds is 3. The molecule has 1 heterocycles. The fraction of sp³-hybridized carbons (Fsp3) is 0.188. The molecule has 26 heavy (non-hydrogen) atoms. The molecule has 0 saturated carbocycles. The van der Waals surface area contributed by atoms with Gasteiger partial charge in [0.2, 0.25) is 5.95 Å². The molecule has 0 spiro atoms.